The lowest BCUT2D eigenvalue weighted by Gasteiger charge is -2.31. The zero-order chi connectivity index (χ0) is 24.9. The topological polar surface area (TPSA) is 86.8 Å². The van der Waals surface area contributed by atoms with Crippen LogP contribution in [0.1, 0.15) is 19.4 Å². The van der Waals surface area contributed by atoms with Crippen LogP contribution < -0.4 is 9.62 Å². The van der Waals surface area contributed by atoms with E-state index in [0.29, 0.717) is 6.54 Å². The molecule has 7 nitrogen and oxygen atoms in total. The van der Waals surface area contributed by atoms with Crippen molar-refractivity contribution in [3.8, 4) is 0 Å². The summed E-state index contributed by atoms with van der Waals surface area (Å²) in [4.78, 5) is 27.2. The van der Waals surface area contributed by atoms with Crippen molar-refractivity contribution in [2.24, 2.45) is 0 Å². The van der Waals surface area contributed by atoms with Gasteiger partial charge in [0, 0.05) is 17.6 Å². The molecule has 180 valence electrons. The van der Waals surface area contributed by atoms with E-state index in [1.54, 1.807) is 26.0 Å². The largest absolute Gasteiger partial charge is 0.355 e. The Morgan fingerprint density at radius 2 is 1.64 bits per heavy atom. The van der Waals surface area contributed by atoms with Crippen molar-refractivity contribution in [2.45, 2.75) is 26.4 Å². The number of carbonyl (C=O) groups is 2. The summed E-state index contributed by atoms with van der Waals surface area (Å²) >= 11 is 21.6. The normalized spacial score (nSPS) is 12.2. The minimum Gasteiger partial charge on any atom is -0.355 e. The lowest BCUT2D eigenvalue weighted by Crippen LogP contribution is -2.51. The van der Waals surface area contributed by atoms with E-state index in [-0.39, 0.29) is 33.2 Å². The van der Waals surface area contributed by atoms with Crippen molar-refractivity contribution in [2.75, 3.05) is 23.7 Å². The summed E-state index contributed by atoms with van der Waals surface area (Å²) in [5, 5.41) is 2.93. The molecule has 2 rings (SSSR count). The number of sulfonamides is 1. The van der Waals surface area contributed by atoms with Gasteiger partial charge in [-0.25, -0.2) is 8.42 Å². The molecule has 0 spiro atoms. The standard InChI is InChI=1S/C21H23BrCl3N3O4S/c1-4-26-21(30)13(2)27(11-14-5-7-15(22)8-6-14)20(29)12-28(33(3,31)32)19-10-17(24)16(23)9-18(19)25/h5-10,13H,4,11-12H2,1-3H3,(H,26,30)/t13-/m0/s1. The molecule has 0 aliphatic carbocycles. The predicted octanol–water partition coefficient (Wildman–Crippen LogP) is 4.73. The highest BCUT2D eigenvalue weighted by Gasteiger charge is 2.31. The maximum absolute atomic E-state index is 13.4. The fourth-order valence-corrected chi connectivity index (χ4v) is 4.80. The molecule has 0 aliphatic rings. The molecule has 0 aromatic heterocycles. The Kier molecular flexibility index (Phi) is 9.87. The van der Waals surface area contributed by atoms with E-state index >= 15 is 0 Å². The van der Waals surface area contributed by atoms with E-state index < -0.39 is 28.5 Å². The SMILES string of the molecule is CCNC(=O)[C@H](C)N(Cc1ccc(Br)cc1)C(=O)CN(c1cc(Cl)c(Cl)cc1Cl)S(C)(=O)=O. The van der Waals surface area contributed by atoms with Gasteiger partial charge in [-0.05, 0) is 43.7 Å². The van der Waals surface area contributed by atoms with Crippen LogP contribution in [0.15, 0.2) is 40.9 Å². The third-order valence-corrected chi connectivity index (χ3v) is 7.40. The molecule has 0 bridgehead atoms. The first-order valence-electron chi connectivity index (χ1n) is 9.79. The van der Waals surface area contributed by atoms with Gasteiger partial charge in [0.1, 0.15) is 12.6 Å². The summed E-state index contributed by atoms with van der Waals surface area (Å²) in [5.74, 6) is -0.953. The highest BCUT2D eigenvalue weighted by Crippen LogP contribution is 2.35. The number of likely N-dealkylation sites (N-methyl/N-ethyl adjacent to an activating group) is 1. The first kappa shape index (κ1) is 27.7. The average molecular weight is 600 g/mol. The quantitative estimate of drug-likeness (QED) is 0.423. The molecular weight excluding hydrogens is 577 g/mol. The molecule has 0 saturated heterocycles. The fraction of sp³-hybridized carbons (Fsp3) is 0.333. The second kappa shape index (κ2) is 11.8. The molecule has 0 aliphatic heterocycles. The number of rotatable bonds is 9. The van der Waals surface area contributed by atoms with E-state index in [0.717, 1.165) is 20.6 Å². The summed E-state index contributed by atoms with van der Waals surface area (Å²) < 4.78 is 26.9. The summed E-state index contributed by atoms with van der Waals surface area (Å²) in [6, 6.07) is 8.97. The van der Waals surface area contributed by atoms with E-state index in [4.69, 9.17) is 34.8 Å². The Balaban J connectivity index is 2.44. The zero-order valence-electron chi connectivity index (χ0n) is 18.1. The van der Waals surface area contributed by atoms with Crippen LogP contribution in [0.25, 0.3) is 0 Å². The summed E-state index contributed by atoms with van der Waals surface area (Å²) in [5.41, 5.74) is 0.775. The van der Waals surface area contributed by atoms with Gasteiger partial charge in [0.05, 0.1) is 27.0 Å². The van der Waals surface area contributed by atoms with E-state index in [9.17, 15) is 18.0 Å². The fourth-order valence-electron chi connectivity index (χ4n) is 2.99. The third-order valence-electron chi connectivity index (χ3n) is 4.72. The Labute approximate surface area is 217 Å². The van der Waals surface area contributed by atoms with Crippen molar-refractivity contribution in [3.05, 3.63) is 61.5 Å². The summed E-state index contributed by atoms with van der Waals surface area (Å²) in [6.45, 7) is 3.24. The minimum absolute atomic E-state index is 0.0103. The average Bonchev–Trinajstić information content (AvgIpc) is 2.73. The van der Waals surface area contributed by atoms with Crippen molar-refractivity contribution in [3.63, 3.8) is 0 Å². The first-order chi connectivity index (χ1) is 15.3. The smallest absolute Gasteiger partial charge is 0.244 e. The Morgan fingerprint density at radius 3 is 2.18 bits per heavy atom. The molecule has 0 saturated carbocycles. The van der Waals surface area contributed by atoms with Gasteiger partial charge in [-0.1, -0.05) is 62.9 Å². The van der Waals surface area contributed by atoms with Crippen LogP contribution in [0.4, 0.5) is 5.69 Å². The van der Waals surface area contributed by atoms with Crippen molar-refractivity contribution >= 4 is 78.3 Å². The number of halogens is 4. The zero-order valence-corrected chi connectivity index (χ0v) is 22.8. The van der Waals surface area contributed by atoms with Gasteiger partial charge in [0.2, 0.25) is 21.8 Å². The number of nitrogens with zero attached hydrogens (tertiary/aromatic N) is 2. The van der Waals surface area contributed by atoms with E-state index in [1.807, 2.05) is 12.1 Å². The van der Waals surface area contributed by atoms with Gasteiger partial charge in [-0.15, -0.1) is 0 Å². The van der Waals surface area contributed by atoms with Crippen molar-refractivity contribution in [1.82, 2.24) is 10.2 Å². The van der Waals surface area contributed by atoms with Crippen LogP contribution in [0.2, 0.25) is 15.1 Å². The van der Waals surface area contributed by atoms with E-state index in [1.165, 1.54) is 17.0 Å². The highest BCUT2D eigenvalue weighted by molar-refractivity contribution is 9.10. The van der Waals surface area contributed by atoms with Gasteiger partial charge in [0.25, 0.3) is 0 Å². The second-order valence-corrected chi connectivity index (χ2v) is 11.3. The molecular formula is C21H23BrCl3N3O4S. The first-order valence-corrected chi connectivity index (χ1v) is 13.6. The molecule has 2 amide bonds. The van der Waals surface area contributed by atoms with Crippen LogP contribution in [0, 0.1) is 0 Å². The Bertz CT molecular complexity index is 1130. The van der Waals surface area contributed by atoms with Crippen molar-refractivity contribution in [1.29, 1.82) is 0 Å². The van der Waals surface area contributed by atoms with Crippen molar-refractivity contribution < 1.29 is 18.0 Å². The monoisotopic (exact) mass is 597 g/mol. The van der Waals surface area contributed by atoms with Crippen LogP contribution >= 0.6 is 50.7 Å². The maximum Gasteiger partial charge on any atom is 0.244 e. The number of carbonyl (C=O) groups excluding carboxylic acids is 2. The number of nitrogens with one attached hydrogen (secondary N) is 1. The lowest BCUT2D eigenvalue weighted by molar-refractivity contribution is -0.139. The van der Waals surface area contributed by atoms with Crippen LogP contribution in [-0.4, -0.2) is 50.5 Å². The molecule has 0 unspecified atom stereocenters. The third kappa shape index (κ3) is 7.48. The Morgan fingerprint density at radius 1 is 1.06 bits per heavy atom. The lowest BCUT2D eigenvalue weighted by atomic mass is 10.1. The van der Waals surface area contributed by atoms with Crippen LogP contribution in [-0.2, 0) is 26.2 Å². The van der Waals surface area contributed by atoms with Gasteiger partial charge in [0.15, 0.2) is 0 Å². The molecule has 0 heterocycles. The highest BCUT2D eigenvalue weighted by atomic mass is 79.9. The van der Waals surface area contributed by atoms with Gasteiger partial charge in [-0.2, -0.15) is 0 Å². The number of hydrogen-bond acceptors (Lipinski definition) is 4. The molecule has 0 fully saturated rings. The van der Waals surface area contributed by atoms with Gasteiger partial charge < -0.3 is 10.2 Å². The molecule has 2 aromatic rings. The maximum atomic E-state index is 13.4. The summed E-state index contributed by atoms with van der Waals surface area (Å²) in [7, 11) is -3.94. The molecule has 33 heavy (non-hydrogen) atoms. The Hall–Kier alpha value is -1.52. The number of amides is 2. The number of hydrogen-bond donors (Lipinski definition) is 1. The number of benzene rings is 2. The van der Waals surface area contributed by atoms with E-state index in [2.05, 4.69) is 21.2 Å². The predicted molar refractivity (Wildman–Crippen MR) is 136 cm³/mol. The minimum atomic E-state index is -3.94. The summed E-state index contributed by atoms with van der Waals surface area (Å²) in [6.07, 6.45) is 0.950. The van der Waals surface area contributed by atoms with Crippen LogP contribution in [0.3, 0.4) is 0 Å². The molecule has 1 N–H and O–H groups in total. The van der Waals surface area contributed by atoms with Gasteiger partial charge >= 0.3 is 0 Å². The second-order valence-electron chi connectivity index (χ2n) is 7.21. The molecule has 1 atom stereocenters. The van der Waals surface area contributed by atoms with Crippen LogP contribution in [0.5, 0.6) is 0 Å². The molecule has 0 radical (unpaired) electrons. The number of anilines is 1. The van der Waals surface area contributed by atoms with Gasteiger partial charge in [-0.3, -0.25) is 13.9 Å². The molecule has 12 heteroatoms. The molecule has 2 aromatic carbocycles.